The van der Waals surface area contributed by atoms with Gasteiger partial charge in [-0.25, -0.2) is 4.98 Å². The van der Waals surface area contributed by atoms with Crippen molar-refractivity contribution in [3.8, 4) is 0 Å². The van der Waals surface area contributed by atoms with Crippen molar-refractivity contribution in [1.29, 1.82) is 0 Å². The summed E-state index contributed by atoms with van der Waals surface area (Å²) in [5.41, 5.74) is -0.217. The van der Waals surface area contributed by atoms with E-state index in [1.165, 1.54) is 6.07 Å². The largest absolute Gasteiger partial charge is 0.433 e. The number of halogens is 3. The number of hydrogen-bond donors (Lipinski definition) is 1. The van der Waals surface area contributed by atoms with Crippen LogP contribution in [0.3, 0.4) is 0 Å². The number of pyridine rings is 1. The molecule has 1 aromatic heterocycles. The van der Waals surface area contributed by atoms with E-state index in [1.807, 2.05) is 13.8 Å². The summed E-state index contributed by atoms with van der Waals surface area (Å²) in [6.07, 6.45) is -4.14. The summed E-state index contributed by atoms with van der Waals surface area (Å²) >= 11 is 0. The van der Waals surface area contributed by atoms with E-state index in [0.29, 0.717) is 24.1 Å². The fourth-order valence-electron chi connectivity index (χ4n) is 2.27. The van der Waals surface area contributed by atoms with Crippen molar-refractivity contribution < 1.29 is 18.3 Å². The quantitative estimate of drug-likeness (QED) is 0.761. The molecule has 1 aliphatic rings. The lowest BCUT2D eigenvalue weighted by Crippen LogP contribution is -2.27. The first-order valence-electron chi connectivity index (χ1n) is 5.44. The molecule has 0 saturated heterocycles. The third-order valence-corrected chi connectivity index (χ3v) is 3.05. The number of aliphatic hydroxyl groups excluding tert-OH is 1. The summed E-state index contributed by atoms with van der Waals surface area (Å²) in [7, 11) is 0. The SMILES string of the molecule is CC1(C)Cc2nc(C(F)(F)F)ccc2[C@H](O)C1. The van der Waals surface area contributed by atoms with Crippen LogP contribution in [0.25, 0.3) is 0 Å². The van der Waals surface area contributed by atoms with Gasteiger partial charge in [0.15, 0.2) is 0 Å². The number of aliphatic hydroxyl groups is 1. The molecular formula is C12H14F3NO. The van der Waals surface area contributed by atoms with Crippen molar-refractivity contribution in [3.05, 3.63) is 29.1 Å². The topological polar surface area (TPSA) is 33.1 Å². The zero-order valence-corrected chi connectivity index (χ0v) is 9.67. The summed E-state index contributed by atoms with van der Waals surface area (Å²) in [4.78, 5) is 3.65. The first-order chi connectivity index (χ1) is 7.69. The smallest absolute Gasteiger partial charge is 0.388 e. The summed E-state index contributed by atoms with van der Waals surface area (Å²) in [6, 6.07) is 2.27. The van der Waals surface area contributed by atoms with Gasteiger partial charge in [0.25, 0.3) is 0 Å². The Hall–Kier alpha value is -1.10. The van der Waals surface area contributed by atoms with Gasteiger partial charge in [-0.15, -0.1) is 0 Å². The number of alkyl halides is 3. The first-order valence-corrected chi connectivity index (χ1v) is 5.44. The van der Waals surface area contributed by atoms with Crippen LogP contribution in [0.4, 0.5) is 13.2 Å². The van der Waals surface area contributed by atoms with Gasteiger partial charge in [-0.1, -0.05) is 19.9 Å². The number of rotatable bonds is 0. The van der Waals surface area contributed by atoms with Crippen LogP contribution in [-0.4, -0.2) is 10.1 Å². The van der Waals surface area contributed by atoms with Crippen LogP contribution in [0.1, 0.15) is 43.3 Å². The highest BCUT2D eigenvalue weighted by atomic mass is 19.4. The van der Waals surface area contributed by atoms with Crippen molar-refractivity contribution in [3.63, 3.8) is 0 Å². The Morgan fingerprint density at radius 1 is 1.35 bits per heavy atom. The van der Waals surface area contributed by atoms with Gasteiger partial charge >= 0.3 is 6.18 Å². The first kappa shape index (κ1) is 12.4. The molecule has 0 amide bonds. The second-order valence-corrected chi connectivity index (χ2v) is 5.29. The van der Waals surface area contributed by atoms with Crippen molar-refractivity contribution in [2.75, 3.05) is 0 Å². The van der Waals surface area contributed by atoms with Gasteiger partial charge in [-0.2, -0.15) is 13.2 Å². The second kappa shape index (κ2) is 3.70. The highest BCUT2D eigenvalue weighted by Crippen LogP contribution is 2.41. The Bertz CT molecular complexity index is 440. The van der Waals surface area contributed by atoms with Crippen LogP contribution in [0.15, 0.2) is 12.1 Å². The predicted octanol–water partition coefficient (Wildman–Crippen LogP) is 3.11. The Morgan fingerprint density at radius 3 is 2.59 bits per heavy atom. The van der Waals surface area contributed by atoms with E-state index in [0.717, 1.165) is 6.07 Å². The Morgan fingerprint density at radius 2 is 2.00 bits per heavy atom. The molecule has 2 nitrogen and oxygen atoms in total. The van der Waals surface area contributed by atoms with Crippen LogP contribution < -0.4 is 0 Å². The summed E-state index contributed by atoms with van der Waals surface area (Å²) in [6.45, 7) is 3.84. The van der Waals surface area contributed by atoms with Crippen LogP contribution in [0, 0.1) is 5.41 Å². The van der Waals surface area contributed by atoms with E-state index < -0.39 is 18.0 Å². The minimum atomic E-state index is -4.43. The fourth-order valence-corrected chi connectivity index (χ4v) is 2.27. The van der Waals surface area contributed by atoms with Crippen LogP contribution >= 0.6 is 0 Å². The summed E-state index contributed by atoms with van der Waals surface area (Å²) < 4.78 is 37.6. The van der Waals surface area contributed by atoms with E-state index in [1.54, 1.807) is 0 Å². The predicted molar refractivity (Wildman–Crippen MR) is 56.3 cm³/mol. The van der Waals surface area contributed by atoms with Crippen LogP contribution in [-0.2, 0) is 12.6 Å². The van der Waals surface area contributed by atoms with Crippen molar-refractivity contribution >= 4 is 0 Å². The molecule has 0 unspecified atom stereocenters. The van der Waals surface area contributed by atoms with Gasteiger partial charge in [0.2, 0.25) is 0 Å². The van der Waals surface area contributed by atoms with Crippen molar-refractivity contribution in [2.24, 2.45) is 5.41 Å². The Balaban J connectivity index is 2.45. The lowest BCUT2D eigenvalue weighted by molar-refractivity contribution is -0.141. The van der Waals surface area contributed by atoms with E-state index in [-0.39, 0.29) is 5.41 Å². The number of nitrogens with zero attached hydrogens (tertiary/aromatic N) is 1. The maximum Gasteiger partial charge on any atom is 0.433 e. The second-order valence-electron chi connectivity index (χ2n) is 5.29. The van der Waals surface area contributed by atoms with E-state index >= 15 is 0 Å². The highest BCUT2D eigenvalue weighted by Gasteiger charge is 2.36. The molecule has 0 bridgehead atoms. The molecule has 1 aromatic rings. The highest BCUT2D eigenvalue weighted by molar-refractivity contribution is 5.29. The molecule has 5 heteroatoms. The molecule has 0 fully saturated rings. The summed E-state index contributed by atoms with van der Waals surface area (Å²) in [5, 5.41) is 9.87. The van der Waals surface area contributed by atoms with E-state index in [2.05, 4.69) is 4.98 Å². The standard InChI is InChI=1S/C12H14F3NO/c1-11(2)5-8-7(9(17)6-11)3-4-10(16-8)12(13,14)15/h3-4,9,17H,5-6H2,1-2H3/t9-/m1/s1. The van der Waals surface area contributed by atoms with Crippen LogP contribution in [0.5, 0.6) is 0 Å². The molecule has 0 radical (unpaired) electrons. The number of fused-ring (bicyclic) bond motifs is 1. The maximum absolute atomic E-state index is 12.5. The molecule has 1 heterocycles. The van der Waals surface area contributed by atoms with Gasteiger partial charge in [0, 0.05) is 11.3 Å². The van der Waals surface area contributed by atoms with Crippen molar-refractivity contribution in [2.45, 2.75) is 39.0 Å². The van der Waals surface area contributed by atoms with Gasteiger partial charge in [-0.3, -0.25) is 0 Å². The van der Waals surface area contributed by atoms with E-state index in [9.17, 15) is 18.3 Å². The summed E-state index contributed by atoms with van der Waals surface area (Å²) in [5.74, 6) is 0. The molecule has 0 saturated carbocycles. The lowest BCUT2D eigenvalue weighted by Gasteiger charge is -2.34. The molecule has 17 heavy (non-hydrogen) atoms. The van der Waals surface area contributed by atoms with E-state index in [4.69, 9.17) is 0 Å². The van der Waals surface area contributed by atoms with Gasteiger partial charge in [0.1, 0.15) is 5.69 Å². The number of aromatic nitrogens is 1. The normalized spacial score (nSPS) is 23.3. The monoisotopic (exact) mass is 245 g/mol. The van der Waals surface area contributed by atoms with Crippen molar-refractivity contribution in [1.82, 2.24) is 4.98 Å². The molecule has 0 spiro atoms. The Labute approximate surface area is 97.5 Å². The zero-order valence-electron chi connectivity index (χ0n) is 9.67. The minimum Gasteiger partial charge on any atom is -0.388 e. The average Bonchev–Trinajstić information content (AvgIpc) is 2.13. The Kier molecular flexibility index (Phi) is 2.69. The third kappa shape index (κ3) is 2.44. The molecule has 0 aliphatic heterocycles. The molecule has 0 aromatic carbocycles. The molecule has 94 valence electrons. The van der Waals surface area contributed by atoms with Gasteiger partial charge in [0.05, 0.1) is 6.10 Å². The fraction of sp³-hybridized carbons (Fsp3) is 0.583. The maximum atomic E-state index is 12.5. The third-order valence-electron chi connectivity index (χ3n) is 3.05. The molecule has 1 aliphatic carbocycles. The average molecular weight is 245 g/mol. The van der Waals surface area contributed by atoms with Gasteiger partial charge in [-0.05, 0) is 24.3 Å². The molecular weight excluding hydrogens is 231 g/mol. The zero-order chi connectivity index (χ0) is 12.8. The minimum absolute atomic E-state index is 0.219. The molecule has 1 atom stereocenters. The lowest BCUT2D eigenvalue weighted by atomic mass is 9.75. The van der Waals surface area contributed by atoms with Crippen LogP contribution in [0.2, 0.25) is 0 Å². The number of hydrogen-bond acceptors (Lipinski definition) is 2. The van der Waals surface area contributed by atoms with Gasteiger partial charge < -0.3 is 5.11 Å². The molecule has 1 N–H and O–H groups in total. The molecule has 2 rings (SSSR count).